The van der Waals surface area contributed by atoms with E-state index in [9.17, 15) is 29.4 Å². The summed E-state index contributed by atoms with van der Waals surface area (Å²) in [6, 6.07) is 3.63. The molecule has 1 aromatic heterocycles. The van der Waals surface area contributed by atoms with Crippen LogP contribution in [0.2, 0.25) is 0 Å². The number of carbonyl (C=O) groups is 4. The maximum atomic E-state index is 12.8. The van der Waals surface area contributed by atoms with Crippen LogP contribution in [-0.4, -0.2) is 82.2 Å². The molecule has 0 aliphatic heterocycles. The molecule has 2 rings (SSSR count). The summed E-state index contributed by atoms with van der Waals surface area (Å²) in [6.45, 7) is 1.06. The summed E-state index contributed by atoms with van der Waals surface area (Å²) in [5.74, 6) is -3.61. The summed E-state index contributed by atoms with van der Waals surface area (Å²) in [4.78, 5) is 55.8. The van der Waals surface area contributed by atoms with Crippen molar-refractivity contribution in [3.05, 3.63) is 36.0 Å². The molecule has 0 saturated carbocycles. The first-order valence-corrected chi connectivity index (χ1v) is 11.6. The number of hydrogen-bond donors (Lipinski definition) is 9. The number of H-pyrrole nitrogens is 1. The molecule has 202 valence electrons. The molecular formula is C23H34N8O6. The summed E-state index contributed by atoms with van der Waals surface area (Å²) in [5, 5.41) is 27.5. The number of amides is 3. The van der Waals surface area contributed by atoms with Crippen LogP contribution < -0.4 is 33.2 Å². The average Bonchev–Trinajstić information content (AvgIpc) is 3.25. The van der Waals surface area contributed by atoms with E-state index in [1.165, 1.54) is 6.92 Å². The lowest BCUT2D eigenvalue weighted by Gasteiger charge is -2.23. The fourth-order valence-electron chi connectivity index (χ4n) is 3.56. The van der Waals surface area contributed by atoms with Crippen LogP contribution >= 0.6 is 0 Å². The maximum Gasteiger partial charge on any atom is 0.326 e. The Kier molecular flexibility index (Phi) is 10.8. The number of hydrogen-bond acceptors (Lipinski definition) is 7. The molecule has 4 unspecified atom stereocenters. The molecule has 0 aliphatic carbocycles. The van der Waals surface area contributed by atoms with Gasteiger partial charge in [0, 0.05) is 30.1 Å². The maximum absolute atomic E-state index is 12.8. The van der Waals surface area contributed by atoms with Crippen LogP contribution in [0, 0.1) is 0 Å². The number of para-hydroxylation sites is 1. The van der Waals surface area contributed by atoms with Crippen molar-refractivity contribution in [1.29, 1.82) is 0 Å². The Balaban J connectivity index is 1.92. The summed E-state index contributed by atoms with van der Waals surface area (Å²) >= 11 is 0. The average molecular weight is 519 g/mol. The van der Waals surface area contributed by atoms with Gasteiger partial charge in [-0.1, -0.05) is 18.2 Å². The molecule has 14 nitrogen and oxygen atoms in total. The number of aromatic amines is 1. The number of carboxylic acids is 1. The standard InChI is InChI=1S/C23H34N8O6/c1-12(32)19(31-18(33)11-29-20(34)15(24)6-4-8-27-23(25)26)21(35)30-17(22(36)37)9-13-10-28-16-7-3-2-5-14(13)16/h2-3,5,7,10,12,15,17,19,28,32H,4,6,8-9,11,24H2,1H3,(H,29,34)(H,30,35)(H,31,33)(H,36,37)(H4,25,26,27). The number of aromatic nitrogens is 1. The summed E-state index contributed by atoms with van der Waals surface area (Å²) in [5.41, 5.74) is 17.7. The third-order valence-corrected chi connectivity index (χ3v) is 5.52. The number of rotatable bonds is 14. The molecule has 1 aromatic carbocycles. The lowest BCUT2D eigenvalue weighted by molar-refractivity contribution is -0.142. The normalized spacial score (nSPS) is 14.1. The number of nitrogens with one attached hydrogen (secondary N) is 4. The van der Waals surface area contributed by atoms with E-state index in [-0.39, 0.29) is 18.8 Å². The zero-order valence-electron chi connectivity index (χ0n) is 20.4. The van der Waals surface area contributed by atoms with E-state index < -0.39 is 54.5 Å². The van der Waals surface area contributed by atoms with Crippen molar-refractivity contribution in [3.8, 4) is 0 Å². The van der Waals surface area contributed by atoms with Gasteiger partial charge in [0.1, 0.15) is 12.1 Å². The molecule has 0 spiro atoms. The van der Waals surface area contributed by atoms with E-state index in [1.54, 1.807) is 6.20 Å². The number of aliphatic carboxylic acids is 1. The summed E-state index contributed by atoms with van der Waals surface area (Å²) < 4.78 is 0. The number of nitrogens with two attached hydrogens (primary N) is 3. The zero-order valence-corrected chi connectivity index (χ0v) is 20.4. The van der Waals surface area contributed by atoms with Gasteiger partial charge in [-0.05, 0) is 31.4 Å². The largest absolute Gasteiger partial charge is 0.480 e. The van der Waals surface area contributed by atoms with Gasteiger partial charge < -0.3 is 48.3 Å². The summed E-state index contributed by atoms with van der Waals surface area (Å²) in [6.07, 6.45) is 1.01. The molecule has 0 saturated heterocycles. The molecule has 0 aliphatic rings. The monoisotopic (exact) mass is 518 g/mol. The van der Waals surface area contributed by atoms with E-state index in [2.05, 4.69) is 25.9 Å². The second-order valence-corrected chi connectivity index (χ2v) is 8.52. The predicted molar refractivity (Wildman–Crippen MR) is 136 cm³/mol. The van der Waals surface area contributed by atoms with Gasteiger partial charge in [0.05, 0.1) is 18.7 Å². The Bertz CT molecular complexity index is 1130. The van der Waals surface area contributed by atoms with Crippen LogP contribution in [0.3, 0.4) is 0 Å². The summed E-state index contributed by atoms with van der Waals surface area (Å²) in [7, 11) is 0. The van der Waals surface area contributed by atoms with E-state index in [0.717, 1.165) is 10.9 Å². The predicted octanol–water partition coefficient (Wildman–Crippen LogP) is -2.36. The van der Waals surface area contributed by atoms with Crippen molar-refractivity contribution in [2.75, 3.05) is 13.1 Å². The first-order chi connectivity index (χ1) is 17.5. The number of nitrogens with zero attached hydrogens (tertiary/aromatic N) is 1. The van der Waals surface area contributed by atoms with Crippen LogP contribution in [-0.2, 0) is 25.6 Å². The van der Waals surface area contributed by atoms with Crippen LogP contribution in [0.5, 0.6) is 0 Å². The van der Waals surface area contributed by atoms with Crippen molar-refractivity contribution < 1.29 is 29.4 Å². The number of aliphatic hydroxyl groups excluding tert-OH is 1. The number of aliphatic hydroxyl groups is 1. The van der Waals surface area contributed by atoms with Crippen molar-refractivity contribution in [1.82, 2.24) is 20.9 Å². The van der Waals surface area contributed by atoms with Gasteiger partial charge in [0.15, 0.2) is 5.96 Å². The van der Waals surface area contributed by atoms with Crippen LogP contribution in [0.4, 0.5) is 0 Å². The highest BCUT2D eigenvalue weighted by molar-refractivity contribution is 5.93. The Hall–Kier alpha value is -4.17. The Morgan fingerprint density at radius 1 is 1.11 bits per heavy atom. The molecule has 4 atom stereocenters. The van der Waals surface area contributed by atoms with Crippen molar-refractivity contribution in [2.24, 2.45) is 22.2 Å². The Morgan fingerprint density at radius 2 is 1.81 bits per heavy atom. The highest BCUT2D eigenvalue weighted by Gasteiger charge is 2.30. The first kappa shape index (κ1) is 29.1. The third kappa shape index (κ3) is 9.09. The molecule has 0 bridgehead atoms. The second kappa shape index (κ2) is 13.8. The number of carboxylic acid groups (broad SMARTS) is 1. The molecule has 0 radical (unpaired) electrons. The number of aliphatic imine (C=N–C) groups is 1. The Labute approximate surface area is 213 Å². The van der Waals surface area contributed by atoms with E-state index >= 15 is 0 Å². The van der Waals surface area contributed by atoms with Crippen molar-refractivity contribution in [2.45, 2.75) is 50.4 Å². The fourth-order valence-corrected chi connectivity index (χ4v) is 3.56. The minimum Gasteiger partial charge on any atom is -0.480 e. The first-order valence-electron chi connectivity index (χ1n) is 11.6. The minimum atomic E-state index is -1.46. The number of carbonyl (C=O) groups excluding carboxylic acids is 3. The van der Waals surface area contributed by atoms with Crippen LogP contribution in [0.25, 0.3) is 10.9 Å². The smallest absolute Gasteiger partial charge is 0.326 e. The fraction of sp³-hybridized carbons (Fsp3) is 0.435. The zero-order chi connectivity index (χ0) is 27.5. The van der Waals surface area contributed by atoms with Gasteiger partial charge >= 0.3 is 5.97 Å². The van der Waals surface area contributed by atoms with Crippen molar-refractivity contribution in [3.63, 3.8) is 0 Å². The lowest BCUT2D eigenvalue weighted by atomic mass is 10.0. The number of fused-ring (bicyclic) bond motifs is 1. The van der Waals surface area contributed by atoms with Crippen molar-refractivity contribution >= 4 is 40.6 Å². The van der Waals surface area contributed by atoms with E-state index in [4.69, 9.17) is 17.2 Å². The molecule has 2 aromatic rings. The van der Waals surface area contributed by atoms with Gasteiger partial charge in [-0.25, -0.2) is 4.79 Å². The van der Waals surface area contributed by atoms with E-state index in [1.807, 2.05) is 24.3 Å². The molecular weight excluding hydrogens is 484 g/mol. The topological polar surface area (TPSA) is 251 Å². The number of benzene rings is 1. The molecule has 0 fully saturated rings. The molecule has 14 heteroatoms. The quantitative estimate of drug-likeness (QED) is 0.0735. The van der Waals surface area contributed by atoms with Crippen LogP contribution in [0.1, 0.15) is 25.3 Å². The highest BCUT2D eigenvalue weighted by atomic mass is 16.4. The third-order valence-electron chi connectivity index (χ3n) is 5.52. The minimum absolute atomic E-state index is 0.0251. The van der Waals surface area contributed by atoms with Gasteiger partial charge in [-0.15, -0.1) is 0 Å². The van der Waals surface area contributed by atoms with E-state index in [0.29, 0.717) is 18.5 Å². The number of guanidine groups is 1. The van der Waals surface area contributed by atoms with Gasteiger partial charge in [-0.3, -0.25) is 19.4 Å². The van der Waals surface area contributed by atoms with Gasteiger partial charge in [0.25, 0.3) is 0 Å². The van der Waals surface area contributed by atoms with Gasteiger partial charge in [-0.2, -0.15) is 0 Å². The second-order valence-electron chi connectivity index (χ2n) is 8.52. The molecule has 3 amide bonds. The lowest BCUT2D eigenvalue weighted by Crippen LogP contribution is -2.57. The molecule has 12 N–H and O–H groups in total. The highest BCUT2D eigenvalue weighted by Crippen LogP contribution is 2.19. The molecule has 37 heavy (non-hydrogen) atoms. The van der Waals surface area contributed by atoms with Crippen LogP contribution in [0.15, 0.2) is 35.5 Å². The van der Waals surface area contributed by atoms with Gasteiger partial charge in [0.2, 0.25) is 17.7 Å². The SMILES string of the molecule is CC(O)C(NC(=O)CNC(=O)C(N)CCCN=C(N)N)C(=O)NC(Cc1c[nH]c2ccccc12)C(=O)O. The molecule has 1 heterocycles. The Morgan fingerprint density at radius 3 is 2.46 bits per heavy atom.